The van der Waals surface area contributed by atoms with Crippen LogP contribution in [0, 0.1) is 0 Å². The van der Waals surface area contributed by atoms with Crippen LogP contribution in [0.3, 0.4) is 0 Å². The maximum absolute atomic E-state index is 11.7. The lowest BCUT2D eigenvalue weighted by Crippen LogP contribution is -2.03. The highest BCUT2D eigenvalue weighted by Crippen LogP contribution is 2.46. The predicted molar refractivity (Wildman–Crippen MR) is 47.8 cm³/mol. The van der Waals surface area contributed by atoms with Crippen molar-refractivity contribution in [2.75, 3.05) is 32.1 Å². The van der Waals surface area contributed by atoms with Crippen LogP contribution in [-0.4, -0.2) is 42.4 Å². The van der Waals surface area contributed by atoms with Crippen molar-refractivity contribution in [2.45, 2.75) is 13.3 Å². The van der Waals surface area contributed by atoms with E-state index < -0.39 is 7.37 Å². The number of aliphatic hydroxyl groups is 2. The smallest absolute Gasteiger partial charge is 0.203 e. The van der Waals surface area contributed by atoms with Gasteiger partial charge in [0.15, 0.2) is 0 Å². The lowest BCUT2D eigenvalue weighted by Gasteiger charge is -2.15. The zero-order valence-corrected chi connectivity index (χ0v) is 8.30. The fourth-order valence-electron chi connectivity index (χ4n) is 0.833. The van der Waals surface area contributed by atoms with Gasteiger partial charge >= 0.3 is 0 Å². The Balaban J connectivity index is 3.79. The first kappa shape index (κ1) is 12.1. The van der Waals surface area contributed by atoms with Gasteiger partial charge in [0.1, 0.15) is 0 Å². The maximum Gasteiger partial charge on any atom is 0.203 e. The molecule has 0 rings (SSSR count). The molecule has 12 heavy (non-hydrogen) atoms. The molecule has 0 aromatic carbocycles. The summed E-state index contributed by atoms with van der Waals surface area (Å²) in [6.07, 6.45) is 1.36. The molecule has 0 heterocycles. The molecule has 0 aliphatic heterocycles. The van der Waals surface area contributed by atoms with E-state index in [1.165, 1.54) is 0 Å². The van der Waals surface area contributed by atoms with E-state index in [1.807, 2.05) is 0 Å². The summed E-state index contributed by atoms with van der Waals surface area (Å²) in [5.74, 6) is 0. The van der Waals surface area contributed by atoms with Crippen LogP contribution in [0.1, 0.15) is 13.3 Å². The highest BCUT2D eigenvalue weighted by molar-refractivity contribution is 7.58. The second-order valence-electron chi connectivity index (χ2n) is 2.49. The van der Waals surface area contributed by atoms with Gasteiger partial charge in [0.05, 0.1) is 13.2 Å². The third kappa shape index (κ3) is 4.88. The number of aliphatic hydroxyl groups excluding tert-OH is 2. The van der Waals surface area contributed by atoms with Gasteiger partial charge in [-0.1, -0.05) is 6.92 Å². The Labute approximate surface area is 73.0 Å². The van der Waals surface area contributed by atoms with Crippen molar-refractivity contribution >= 4 is 7.37 Å². The van der Waals surface area contributed by atoms with E-state index in [0.717, 1.165) is 0 Å². The zero-order chi connectivity index (χ0) is 9.45. The van der Waals surface area contributed by atoms with E-state index >= 15 is 0 Å². The van der Waals surface area contributed by atoms with Crippen molar-refractivity contribution in [3.05, 3.63) is 0 Å². The summed E-state index contributed by atoms with van der Waals surface area (Å²) in [6, 6.07) is 0. The van der Waals surface area contributed by atoms with Gasteiger partial charge in [0, 0.05) is 18.9 Å². The minimum absolute atomic E-state index is 0.0342. The third-order valence-electron chi connectivity index (χ3n) is 1.56. The second-order valence-corrected chi connectivity index (χ2v) is 5.46. The Morgan fingerprint density at radius 1 is 1.33 bits per heavy atom. The first-order chi connectivity index (χ1) is 5.68. The van der Waals surface area contributed by atoms with Crippen LogP contribution < -0.4 is 0 Å². The molecule has 0 saturated heterocycles. The van der Waals surface area contributed by atoms with Gasteiger partial charge in [0.25, 0.3) is 0 Å². The van der Waals surface area contributed by atoms with E-state index in [2.05, 4.69) is 0 Å². The Kier molecular flexibility index (Phi) is 6.67. The molecule has 0 saturated carbocycles. The Bertz CT molecular complexity index is 136. The summed E-state index contributed by atoms with van der Waals surface area (Å²) in [6.45, 7) is 1.83. The first-order valence-corrected chi connectivity index (χ1v) is 6.12. The molecule has 2 N–H and O–H groups in total. The second kappa shape index (κ2) is 6.61. The van der Waals surface area contributed by atoms with Gasteiger partial charge in [-0.25, -0.2) is 0 Å². The molecule has 0 aromatic rings. The molecule has 0 fully saturated rings. The van der Waals surface area contributed by atoms with Crippen molar-refractivity contribution in [1.29, 1.82) is 0 Å². The zero-order valence-electron chi connectivity index (χ0n) is 7.40. The Hall–Kier alpha value is 0.110. The third-order valence-corrected chi connectivity index (χ3v) is 4.17. The van der Waals surface area contributed by atoms with Crippen LogP contribution in [0.5, 0.6) is 0 Å². The molecule has 74 valence electrons. The molecule has 0 amide bonds. The van der Waals surface area contributed by atoms with Crippen LogP contribution in [0.4, 0.5) is 0 Å². The van der Waals surface area contributed by atoms with Gasteiger partial charge in [-0.3, -0.25) is 4.57 Å². The van der Waals surface area contributed by atoms with E-state index in [4.69, 9.17) is 14.7 Å². The van der Waals surface area contributed by atoms with E-state index in [1.54, 1.807) is 6.92 Å². The van der Waals surface area contributed by atoms with Gasteiger partial charge in [0.2, 0.25) is 7.37 Å². The monoisotopic (exact) mass is 196 g/mol. The number of rotatable bonds is 7. The minimum atomic E-state index is -2.55. The van der Waals surface area contributed by atoms with E-state index in [-0.39, 0.29) is 19.8 Å². The van der Waals surface area contributed by atoms with Crippen molar-refractivity contribution in [2.24, 2.45) is 0 Å². The Morgan fingerprint density at radius 3 is 2.42 bits per heavy atom. The molecular formula is C7H17O4P. The summed E-state index contributed by atoms with van der Waals surface area (Å²) in [7, 11) is -2.55. The number of hydrogen-bond donors (Lipinski definition) is 2. The predicted octanol–water partition coefficient (Wildman–Crippen LogP) is 0.676. The fraction of sp³-hybridized carbons (Fsp3) is 1.00. The minimum Gasteiger partial charge on any atom is -0.396 e. The SMILES string of the molecule is CCP(=O)(CCCO)OCCO. The molecular weight excluding hydrogens is 179 g/mol. The van der Waals surface area contributed by atoms with E-state index in [0.29, 0.717) is 18.7 Å². The summed E-state index contributed by atoms with van der Waals surface area (Å²) >= 11 is 0. The van der Waals surface area contributed by atoms with Gasteiger partial charge in [-0.05, 0) is 6.42 Å². The average molecular weight is 196 g/mol. The fourth-order valence-corrected chi connectivity index (χ4v) is 2.50. The van der Waals surface area contributed by atoms with Gasteiger partial charge in [-0.15, -0.1) is 0 Å². The van der Waals surface area contributed by atoms with Crippen LogP contribution in [0.15, 0.2) is 0 Å². The molecule has 0 radical (unpaired) electrons. The average Bonchev–Trinajstić information content (AvgIpc) is 2.11. The molecule has 1 unspecified atom stereocenters. The molecule has 4 nitrogen and oxygen atoms in total. The molecule has 0 spiro atoms. The first-order valence-electron chi connectivity index (χ1n) is 4.13. The van der Waals surface area contributed by atoms with Crippen molar-refractivity contribution in [3.63, 3.8) is 0 Å². The molecule has 5 heteroatoms. The van der Waals surface area contributed by atoms with Crippen LogP contribution in [0.25, 0.3) is 0 Å². The lowest BCUT2D eigenvalue weighted by molar-refractivity contribution is 0.201. The number of hydrogen-bond acceptors (Lipinski definition) is 4. The topological polar surface area (TPSA) is 66.8 Å². The molecule has 0 bridgehead atoms. The van der Waals surface area contributed by atoms with Crippen molar-refractivity contribution < 1.29 is 19.3 Å². The molecule has 0 aromatic heterocycles. The van der Waals surface area contributed by atoms with Gasteiger partial charge in [-0.2, -0.15) is 0 Å². The highest BCUT2D eigenvalue weighted by atomic mass is 31.2. The maximum atomic E-state index is 11.7. The lowest BCUT2D eigenvalue weighted by atomic mass is 10.5. The normalized spacial score (nSPS) is 15.9. The van der Waals surface area contributed by atoms with E-state index in [9.17, 15) is 4.57 Å². The van der Waals surface area contributed by atoms with Crippen LogP contribution in [-0.2, 0) is 9.09 Å². The Morgan fingerprint density at radius 2 is 2.00 bits per heavy atom. The molecule has 0 aliphatic carbocycles. The highest BCUT2D eigenvalue weighted by Gasteiger charge is 2.19. The van der Waals surface area contributed by atoms with Crippen LogP contribution in [0.2, 0.25) is 0 Å². The van der Waals surface area contributed by atoms with Gasteiger partial charge < -0.3 is 14.7 Å². The summed E-state index contributed by atoms with van der Waals surface area (Å²) in [5, 5.41) is 17.0. The molecule has 0 aliphatic rings. The summed E-state index contributed by atoms with van der Waals surface area (Å²) in [4.78, 5) is 0. The quantitative estimate of drug-likeness (QED) is 0.587. The summed E-state index contributed by atoms with van der Waals surface area (Å²) in [5.41, 5.74) is 0. The standard InChI is InChI=1S/C7H17O4P/c1-2-12(10,7-3-4-8)11-6-5-9/h8-9H,2-7H2,1H3. The largest absolute Gasteiger partial charge is 0.396 e. The van der Waals surface area contributed by atoms with Crippen molar-refractivity contribution in [1.82, 2.24) is 0 Å². The summed E-state index contributed by atoms with van der Waals surface area (Å²) < 4.78 is 16.7. The van der Waals surface area contributed by atoms with Crippen LogP contribution >= 0.6 is 7.37 Å². The molecule has 1 atom stereocenters. The van der Waals surface area contributed by atoms with Crippen molar-refractivity contribution in [3.8, 4) is 0 Å².